The van der Waals surface area contributed by atoms with Crippen LogP contribution in [0.3, 0.4) is 0 Å². The first-order valence-electron chi connectivity index (χ1n) is 10.5. The lowest BCUT2D eigenvalue weighted by atomic mass is 9.98. The molecule has 0 amide bonds. The minimum atomic E-state index is -0.146. The fourth-order valence-electron chi connectivity index (χ4n) is 3.98. The Balaban J connectivity index is 1.89. The Kier molecular flexibility index (Phi) is 5.87. The third-order valence-corrected chi connectivity index (χ3v) is 6.03. The minimum Gasteiger partial charge on any atom is -0.868 e. The van der Waals surface area contributed by atoms with E-state index < -0.39 is 0 Å². The second kappa shape index (κ2) is 9.11. The summed E-state index contributed by atoms with van der Waals surface area (Å²) in [7, 11) is 0. The van der Waals surface area contributed by atoms with Gasteiger partial charge in [0.15, 0.2) is 0 Å². The SMILES string of the molecule is [O-]c1cc(Cl)ccc1-[n+]1c(-c2ccccc2)cc(-c2ccccc2)cc1-c1ccc(Cl)cc1. The zero-order valence-electron chi connectivity index (χ0n) is 17.6. The van der Waals surface area contributed by atoms with Crippen LogP contribution in [0, 0.1) is 0 Å². The van der Waals surface area contributed by atoms with Crippen molar-refractivity contribution in [3.63, 3.8) is 0 Å². The number of benzene rings is 4. The van der Waals surface area contributed by atoms with Gasteiger partial charge in [-0.1, -0.05) is 71.7 Å². The number of pyridine rings is 1. The molecule has 33 heavy (non-hydrogen) atoms. The van der Waals surface area contributed by atoms with Crippen molar-refractivity contribution in [2.45, 2.75) is 0 Å². The van der Waals surface area contributed by atoms with Crippen LogP contribution in [0.5, 0.6) is 5.75 Å². The molecular formula is C29H19Cl2NO. The molecule has 1 heterocycles. The van der Waals surface area contributed by atoms with Gasteiger partial charge in [-0.2, -0.15) is 4.57 Å². The number of hydrogen-bond donors (Lipinski definition) is 0. The Labute approximate surface area is 202 Å². The van der Waals surface area contributed by atoms with Gasteiger partial charge >= 0.3 is 0 Å². The third kappa shape index (κ3) is 4.36. The first-order valence-corrected chi connectivity index (χ1v) is 11.3. The van der Waals surface area contributed by atoms with Crippen molar-refractivity contribution in [3.05, 3.63) is 125 Å². The fourth-order valence-corrected chi connectivity index (χ4v) is 4.27. The Hall–Kier alpha value is -3.59. The monoisotopic (exact) mass is 467 g/mol. The fraction of sp³-hybridized carbons (Fsp3) is 0. The van der Waals surface area contributed by atoms with Crippen molar-refractivity contribution in [2.24, 2.45) is 0 Å². The highest BCUT2D eigenvalue weighted by Gasteiger charge is 2.25. The molecule has 0 atom stereocenters. The number of hydrogen-bond acceptors (Lipinski definition) is 1. The maximum atomic E-state index is 13.1. The molecule has 160 valence electrons. The smallest absolute Gasteiger partial charge is 0.219 e. The third-order valence-electron chi connectivity index (χ3n) is 5.55. The maximum absolute atomic E-state index is 13.1. The molecule has 4 heteroatoms. The standard InChI is InChI=1S/C29H19Cl2NO/c30-24-13-11-22(12-14-24)28-18-23(20-7-3-1-4-8-20)17-27(21-9-5-2-6-10-21)32(28)26-16-15-25(31)19-29(26)33/h1-19H. The Morgan fingerprint density at radius 1 is 0.485 bits per heavy atom. The average molecular weight is 468 g/mol. The maximum Gasteiger partial charge on any atom is 0.219 e. The van der Waals surface area contributed by atoms with Crippen LogP contribution in [0.2, 0.25) is 10.0 Å². The van der Waals surface area contributed by atoms with E-state index in [9.17, 15) is 5.11 Å². The van der Waals surface area contributed by atoms with Crippen LogP contribution < -0.4 is 9.67 Å². The quantitative estimate of drug-likeness (QED) is 0.254. The van der Waals surface area contributed by atoms with Crippen LogP contribution in [-0.4, -0.2) is 0 Å². The van der Waals surface area contributed by atoms with E-state index >= 15 is 0 Å². The van der Waals surface area contributed by atoms with E-state index in [2.05, 4.69) is 24.3 Å². The van der Waals surface area contributed by atoms with Crippen LogP contribution in [-0.2, 0) is 0 Å². The molecule has 0 saturated carbocycles. The topological polar surface area (TPSA) is 26.9 Å². The molecule has 0 fully saturated rings. The average Bonchev–Trinajstić information content (AvgIpc) is 2.85. The minimum absolute atomic E-state index is 0.146. The highest BCUT2D eigenvalue weighted by Crippen LogP contribution is 2.32. The van der Waals surface area contributed by atoms with Gasteiger partial charge in [0, 0.05) is 39.4 Å². The molecule has 0 aliphatic carbocycles. The molecule has 0 radical (unpaired) electrons. The Morgan fingerprint density at radius 2 is 1.00 bits per heavy atom. The van der Waals surface area contributed by atoms with Gasteiger partial charge in [-0.3, -0.25) is 0 Å². The Morgan fingerprint density at radius 3 is 1.58 bits per heavy atom. The summed E-state index contributed by atoms with van der Waals surface area (Å²) in [5.41, 5.74) is 6.41. The molecular weight excluding hydrogens is 449 g/mol. The van der Waals surface area contributed by atoms with Crippen LogP contribution >= 0.6 is 23.2 Å². The lowest BCUT2D eigenvalue weighted by Crippen LogP contribution is -2.37. The molecule has 5 aromatic rings. The lowest BCUT2D eigenvalue weighted by molar-refractivity contribution is -0.576. The van der Waals surface area contributed by atoms with Crippen molar-refractivity contribution in [3.8, 4) is 45.1 Å². The molecule has 2 nitrogen and oxygen atoms in total. The van der Waals surface area contributed by atoms with E-state index in [0.29, 0.717) is 15.7 Å². The zero-order chi connectivity index (χ0) is 22.8. The van der Waals surface area contributed by atoms with Crippen molar-refractivity contribution in [2.75, 3.05) is 0 Å². The van der Waals surface area contributed by atoms with E-state index in [1.807, 2.05) is 77.4 Å². The zero-order valence-corrected chi connectivity index (χ0v) is 19.1. The highest BCUT2D eigenvalue weighted by atomic mass is 35.5. The molecule has 0 N–H and O–H groups in total. The number of halogens is 2. The van der Waals surface area contributed by atoms with E-state index in [4.69, 9.17) is 23.2 Å². The van der Waals surface area contributed by atoms with E-state index in [0.717, 1.165) is 33.6 Å². The molecule has 0 aliphatic heterocycles. The first kappa shape index (κ1) is 21.3. The predicted molar refractivity (Wildman–Crippen MR) is 134 cm³/mol. The van der Waals surface area contributed by atoms with Gasteiger partial charge < -0.3 is 5.11 Å². The summed E-state index contributed by atoms with van der Waals surface area (Å²) >= 11 is 12.3. The van der Waals surface area contributed by atoms with Crippen LogP contribution in [0.4, 0.5) is 0 Å². The lowest BCUT2D eigenvalue weighted by Gasteiger charge is -2.16. The molecule has 0 bridgehead atoms. The van der Waals surface area contributed by atoms with Gasteiger partial charge in [-0.25, -0.2) is 0 Å². The summed E-state index contributed by atoms with van der Waals surface area (Å²) in [4.78, 5) is 0. The van der Waals surface area contributed by atoms with Crippen molar-refractivity contribution >= 4 is 23.2 Å². The summed E-state index contributed by atoms with van der Waals surface area (Å²) in [5, 5.41) is 14.2. The first-order chi connectivity index (χ1) is 16.1. The molecule has 0 unspecified atom stereocenters. The van der Waals surface area contributed by atoms with Gasteiger partial charge in [0.05, 0.1) is 0 Å². The summed E-state index contributed by atoms with van der Waals surface area (Å²) in [6.07, 6.45) is 0. The number of rotatable bonds is 4. The number of nitrogens with zero attached hydrogens (tertiary/aromatic N) is 1. The summed E-state index contributed by atoms with van der Waals surface area (Å²) in [5.74, 6) is -0.146. The molecule has 4 aromatic carbocycles. The normalized spacial score (nSPS) is 10.8. The van der Waals surface area contributed by atoms with Gasteiger partial charge in [0.1, 0.15) is 0 Å². The van der Waals surface area contributed by atoms with Crippen molar-refractivity contribution in [1.82, 2.24) is 0 Å². The largest absolute Gasteiger partial charge is 0.868 e. The van der Waals surface area contributed by atoms with Crippen LogP contribution in [0.15, 0.2) is 115 Å². The molecule has 0 spiro atoms. The summed E-state index contributed by atoms with van der Waals surface area (Å²) in [6.45, 7) is 0. The molecule has 1 aromatic heterocycles. The predicted octanol–water partition coefficient (Wildman–Crippen LogP) is 7.34. The molecule has 0 aliphatic rings. The highest BCUT2D eigenvalue weighted by molar-refractivity contribution is 6.31. The van der Waals surface area contributed by atoms with E-state index in [1.165, 1.54) is 6.07 Å². The molecule has 5 rings (SSSR count). The van der Waals surface area contributed by atoms with Gasteiger partial charge in [0.25, 0.3) is 0 Å². The van der Waals surface area contributed by atoms with Crippen molar-refractivity contribution < 1.29 is 9.67 Å². The van der Waals surface area contributed by atoms with Crippen molar-refractivity contribution in [1.29, 1.82) is 0 Å². The van der Waals surface area contributed by atoms with Crippen LogP contribution in [0.1, 0.15) is 0 Å². The van der Waals surface area contributed by atoms with Gasteiger partial charge in [-0.05, 0) is 65.4 Å². The van der Waals surface area contributed by atoms with Gasteiger partial charge in [0.2, 0.25) is 17.1 Å². The second-order valence-corrected chi connectivity index (χ2v) is 8.57. The Bertz CT molecular complexity index is 1420. The summed E-state index contributed by atoms with van der Waals surface area (Å²) < 4.78 is 2.00. The second-order valence-electron chi connectivity index (χ2n) is 7.70. The number of aromatic nitrogens is 1. The van der Waals surface area contributed by atoms with Crippen LogP contribution in [0.25, 0.3) is 39.3 Å². The molecule has 0 saturated heterocycles. The summed E-state index contributed by atoms with van der Waals surface area (Å²) in [6, 6.07) is 37.2. The van der Waals surface area contributed by atoms with Gasteiger partial charge in [-0.15, -0.1) is 0 Å². The van der Waals surface area contributed by atoms with E-state index in [-0.39, 0.29) is 5.75 Å². The van der Waals surface area contributed by atoms with E-state index in [1.54, 1.807) is 12.1 Å².